The zero-order valence-corrected chi connectivity index (χ0v) is 8.80. The second-order valence-electron chi connectivity index (χ2n) is 4.39. The molecule has 0 aliphatic heterocycles. The molecule has 4 N–H and O–H groups in total. The topological polar surface area (TPSA) is 66.5 Å². The second kappa shape index (κ2) is 3.93. The Morgan fingerprint density at radius 3 is 2.60 bits per heavy atom. The molecule has 1 saturated carbocycles. The SMILES string of the molecule is Cc1cccc([C@@H]2C[C@@H](O)[C@@H](O)[C@@H]2N)c1. The first-order valence-electron chi connectivity index (χ1n) is 5.28. The summed E-state index contributed by atoms with van der Waals surface area (Å²) < 4.78 is 0. The maximum atomic E-state index is 9.59. The Kier molecular flexibility index (Phi) is 2.78. The van der Waals surface area contributed by atoms with Crippen LogP contribution in [0.2, 0.25) is 0 Å². The van der Waals surface area contributed by atoms with Crippen molar-refractivity contribution in [3.05, 3.63) is 35.4 Å². The summed E-state index contributed by atoms with van der Waals surface area (Å²) in [4.78, 5) is 0. The van der Waals surface area contributed by atoms with Gasteiger partial charge in [-0.1, -0.05) is 29.8 Å². The van der Waals surface area contributed by atoms with Gasteiger partial charge >= 0.3 is 0 Å². The Morgan fingerprint density at radius 1 is 1.33 bits per heavy atom. The number of rotatable bonds is 1. The second-order valence-corrected chi connectivity index (χ2v) is 4.39. The molecule has 15 heavy (non-hydrogen) atoms. The monoisotopic (exact) mass is 207 g/mol. The lowest BCUT2D eigenvalue weighted by Gasteiger charge is -2.17. The summed E-state index contributed by atoms with van der Waals surface area (Å²) in [5.41, 5.74) is 8.17. The highest BCUT2D eigenvalue weighted by Gasteiger charge is 2.39. The molecule has 0 radical (unpaired) electrons. The summed E-state index contributed by atoms with van der Waals surface area (Å²) >= 11 is 0. The molecule has 0 heterocycles. The van der Waals surface area contributed by atoms with Crippen molar-refractivity contribution in [1.29, 1.82) is 0 Å². The molecule has 0 bridgehead atoms. The lowest BCUT2D eigenvalue weighted by atomic mass is 9.93. The van der Waals surface area contributed by atoms with Crippen LogP contribution in [-0.2, 0) is 0 Å². The number of nitrogens with two attached hydrogens (primary N) is 1. The standard InChI is InChI=1S/C12H17NO2/c1-7-3-2-4-8(5-7)9-6-10(14)12(15)11(9)13/h2-5,9-12,14-15H,6,13H2,1H3/t9-,10+,11+,12+/m0/s1. The minimum absolute atomic E-state index is 0.0647. The number of aliphatic hydroxyl groups excluding tert-OH is 2. The number of aliphatic hydroxyl groups is 2. The van der Waals surface area contributed by atoms with Crippen LogP contribution in [0, 0.1) is 6.92 Å². The van der Waals surface area contributed by atoms with Crippen LogP contribution in [0.5, 0.6) is 0 Å². The van der Waals surface area contributed by atoms with Crippen molar-refractivity contribution in [2.45, 2.75) is 37.5 Å². The summed E-state index contributed by atoms with van der Waals surface area (Å²) in [5, 5.41) is 19.1. The predicted molar refractivity (Wildman–Crippen MR) is 58.5 cm³/mol. The van der Waals surface area contributed by atoms with E-state index in [1.807, 2.05) is 25.1 Å². The molecule has 82 valence electrons. The molecule has 1 aliphatic carbocycles. The van der Waals surface area contributed by atoms with Crippen molar-refractivity contribution in [2.75, 3.05) is 0 Å². The molecule has 0 unspecified atom stereocenters. The minimum Gasteiger partial charge on any atom is -0.390 e. The summed E-state index contributed by atoms with van der Waals surface area (Å²) in [6.45, 7) is 2.02. The fraction of sp³-hybridized carbons (Fsp3) is 0.500. The molecule has 1 aromatic carbocycles. The molecule has 1 aromatic rings. The van der Waals surface area contributed by atoms with Crippen LogP contribution in [0.3, 0.4) is 0 Å². The fourth-order valence-corrected chi connectivity index (χ4v) is 2.31. The number of aryl methyl sites for hydroxylation is 1. The molecule has 0 aromatic heterocycles. The van der Waals surface area contributed by atoms with E-state index in [1.165, 1.54) is 5.56 Å². The zero-order valence-electron chi connectivity index (χ0n) is 8.80. The van der Waals surface area contributed by atoms with Crippen molar-refractivity contribution in [1.82, 2.24) is 0 Å². The Balaban J connectivity index is 2.25. The van der Waals surface area contributed by atoms with E-state index in [-0.39, 0.29) is 12.0 Å². The lowest BCUT2D eigenvalue weighted by molar-refractivity contribution is 0.0363. The number of hydrogen-bond donors (Lipinski definition) is 3. The van der Waals surface area contributed by atoms with Crippen LogP contribution in [0.15, 0.2) is 24.3 Å². The molecule has 2 rings (SSSR count). The summed E-state index contributed by atoms with van der Waals surface area (Å²) in [5.74, 6) is 0.0647. The van der Waals surface area contributed by atoms with E-state index in [9.17, 15) is 10.2 Å². The van der Waals surface area contributed by atoms with Crippen LogP contribution in [0.25, 0.3) is 0 Å². The van der Waals surface area contributed by atoms with E-state index in [0.717, 1.165) is 5.56 Å². The first-order chi connectivity index (χ1) is 7.09. The average Bonchev–Trinajstić information content (AvgIpc) is 2.46. The highest BCUT2D eigenvalue weighted by atomic mass is 16.3. The fourth-order valence-electron chi connectivity index (χ4n) is 2.31. The Bertz CT molecular complexity index is 353. The van der Waals surface area contributed by atoms with Gasteiger partial charge in [0.15, 0.2) is 0 Å². The zero-order chi connectivity index (χ0) is 11.0. The van der Waals surface area contributed by atoms with Gasteiger partial charge in [0, 0.05) is 12.0 Å². The van der Waals surface area contributed by atoms with Crippen molar-refractivity contribution in [2.24, 2.45) is 5.73 Å². The van der Waals surface area contributed by atoms with Crippen LogP contribution in [0.1, 0.15) is 23.5 Å². The molecule has 3 heteroatoms. The predicted octanol–water partition coefficient (Wildman–Crippen LogP) is 0.531. The molecule has 4 atom stereocenters. The third-order valence-corrected chi connectivity index (χ3v) is 3.22. The van der Waals surface area contributed by atoms with Crippen LogP contribution in [0.4, 0.5) is 0 Å². The smallest absolute Gasteiger partial charge is 0.0955 e. The van der Waals surface area contributed by atoms with Crippen molar-refractivity contribution in [3.8, 4) is 0 Å². The average molecular weight is 207 g/mol. The largest absolute Gasteiger partial charge is 0.390 e. The van der Waals surface area contributed by atoms with E-state index < -0.39 is 12.2 Å². The van der Waals surface area contributed by atoms with Gasteiger partial charge in [-0.25, -0.2) is 0 Å². The third kappa shape index (κ3) is 1.91. The maximum absolute atomic E-state index is 9.59. The van der Waals surface area contributed by atoms with E-state index in [1.54, 1.807) is 0 Å². The minimum atomic E-state index is -0.796. The maximum Gasteiger partial charge on any atom is 0.0955 e. The Morgan fingerprint density at radius 2 is 2.07 bits per heavy atom. The van der Waals surface area contributed by atoms with Gasteiger partial charge in [-0.2, -0.15) is 0 Å². The lowest BCUT2D eigenvalue weighted by Crippen LogP contribution is -2.37. The van der Waals surface area contributed by atoms with Gasteiger partial charge in [-0.3, -0.25) is 0 Å². The molecule has 0 saturated heterocycles. The summed E-state index contributed by atoms with van der Waals surface area (Å²) in [7, 11) is 0. The molecule has 0 amide bonds. The Labute approximate surface area is 89.5 Å². The quantitative estimate of drug-likeness (QED) is 0.629. The molecular formula is C12H17NO2. The van der Waals surface area contributed by atoms with Gasteiger partial charge < -0.3 is 15.9 Å². The van der Waals surface area contributed by atoms with Gasteiger partial charge in [0.1, 0.15) is 0 Å². The van der Waals surface area contributed by atoms with Crippen LogP contribution < -0.4 is 5.73 Å². The van der Waals surface area contributed by atoms with E-state index in [4.69, 9.17) is 5.73 Å². The van der Waals surface area contributed by atoms with Crippen molar-refractivity contribution >= 4 is 0 Å². The van der Waals surface area contributed by atoms with Gasteiger partial charge in [0.25, 0.3) is 0 Å². The van der Waals surface area contributed by atoms with Gasteiger partial charge in [-0.05, 0) is 18.9 Å². The molecule has 1 fully saturated rings. The molecule has 3 nitrogen and oxygen atoms in total. The number of benzene rings is 1. The van der Waals surface area contributed by atoms with Crippen LogP contribution >= 0.6 is 0 Å². The first kappa shape index (κ1) is 10.6. The van der Waals surface area contributed by atoms with E-state index >= 15 is 0 Å². The third-order valence-electron chi connectivity index (χ3n) is 3.22. The summed E-state index contributed by atoms with van der Waals surface area (Å²) in [6, 6.07) is 7.71. The van der Waals surface area contributed by atoms with Gasteiger partial charge in [0.2, 0.25) is 0 Å². The van der Waals surface area contributed by atoms with Crippen molar-refractivity contribution in [3.63, 3.8) is 0 Å². The highest BCUT2D eigenvalue weighted by Crippen LogP contribution is 2.34. The normalized spacial score (nSPS) is 35.7. The Hall–Kier alpha value is -0.900. The number of hydrogen-bond acceptors (Lipinski definition) is 3. The van der Waals surface area contributed by atoms with Gasteiger partial charge in [0.05, 0.1) is 12.2 Å². The highest BCUT2D eigenvalue weighted by molar-refractivity contribution is 5.28. The van der Waals surface area contributed by atoms with Crippen molar-refractivity contribution < 1.29 is 10.2 Å². The molecule has 1 aliphatic rings. The van der Waals surface area contributed by atoms with Crippen LogP contribution in [-0.4, -0.2) is 28.5 Å². The molecule has 0 spiro atoms. The van der Waals surface area contributed by atoms with E-state index in [0.29, 0.717) is 6.42 Å². The molecular weight excluding hydrogens is 190 g/mol. The van der Waals surface area contributed by atoms with E-state index in [2.05, 4.69) is 6.07 Å². The van der Waals surface area contributed by atoms with Gasteiger partial charge in [-0.15, -0.1) is 0 Å². The summed E-state index contributed by atoms with van der Waals surface area (Å²) in [6.07, 6.45) is -0.938. The first-order valence-corrected chi connectivity index (χ1v) is 5.28.